The lowest BCUT2D eigenvalue weighted by molar-refractivity contribution is -0.120. The van der Waals surface area contributed by atoms with Gasteiger partial charge in [-0.15, -0.1) is 0 Å². The third kappa shape index (κ3) is 3.28. The highest BCUT2D eigenvalue weighted by atomic mass is 16.1. The number of carbonyl (C=O) groups is 1. The first-order valence-corrected chi connectivity index (χ1v) is 7.21. The third-order valence-electron chi connectivity index (χ3n) is 3.84. The quantitative estimate of drug-likeness (QED) is 0.899. The van der Waals surface area contributed by atoms with Crippen molar-refractivity contribution in [2.45, 2.75) is 33.0 Å². The lowest BCUT2D eigenvalue weighted by Gasteiger charge is -2.08. The molecule has 0 atom stereocenters. The minimum Gasteiger partial charge on any atom is -0.352 e. The highest BCUT2D eigenvalue weighted by Crippen LogP contribution is 2.16. The summed E-state index contributed by atoms with van der Waals surface area (Å²) in [6.45, 7) is 4.41. The predicted molar refractivity (Wildman–Crippen MR) is 81.5 cm³/mol. The van der Waals surface area contributed by atoms with Gasteiger partial charge < -0.3 is 10.6 Å². The summed E-state index contributed by atoms with van der Waals surface area (Å²) in [6, 6.07) is 10.2. The smallest absolute Gasteiger partial charge is 0.226 e. The summed E-state index contributed by atoms with van der Waals surface area (Å²) >= 11 is 0. The molecule has 108 valence electrons. The monoisotopic (exact) mass is 281 g/mol. The Labute approximate surface area is 124 Å². The van der Waals surface area contributed by atoms with E-state index >= 15 is 0 Å². The summed E-state index contributed by atoms with van der Waals surface area (Å²) in [4.78, 5) is 16.3. The molecule has 1 aliphatic heterocycles. The molecule has 0 fully saturated rings. The van der Waals surface area contributed by atoms with Gasteiger partial charge in [-0.1, -0.05) is 24.3 Å². The number of nitrogens with zero attached hydrogens (tertiary/aromatic N) is 1. The van der Waals surface area contributed by atoms with E-state index in [0.29, 0.717) is 13.0 Å². The maximum absolute atomic E-state index is 12.0. The number of hydrogen-bond acceptors (Lipinski definition) is 3. The van der Waals surface area contributed by atoms with Gasteiger partial charge in [-0.25, -0.2) is 0 Å². The SMILES string of the molecule is Cc1cccnc1CC(=O)NCc1ccc2c(c1)CNC2. The zero-order chi connectivity index (χ0) is 14.7. The second-order valence-electron chi connectivity index (χ2n) is 5.43. The Hall–Kier alpha value is -2.20. The number of carbonyl (C=O) groups excluding carboxylic acids is 1. The topological polar surface area (TPSA) is 54.0 Å². The number of fused-ring (bicyclic) bond motifs is 1. The Kier molecular flexibility index (Phi) is 3.97. The molecule has 0 spiro atoms. The largest absolute Gasteiger partial charge is 0.352 e. The van der Waals surface area contributed by atoms with E-state index in [-0.39, 0.29) is 5.91 Å². The molecule has 0 radical (unpaired) electrons. The first-order valence-electron chi connectivity index (χ1n) is 7.21. The Morgan fingerprint density at radius 3 is 3.00 bits per heavy atom. The maximum atomic E-state index is 12.0. The Bertz CT molecular complexity index is 667. The van der Waals surface area contributed by atoms with Crippen molar-refractivity contribution in [3.63, 3.8) is 0 Å². The van der Waals surface area contributed by atoms with Gasteiger partial charge in [0.15, 0.2) is 0 Å². The molecule has 21 heavy (non-hydrogen) atoms. The van der Waals surface area contributed by atoms with Crippen molar-refractivity contribution in [2.24, 2.45) is 0 Å². The van der Waals surface area contributed by atoms with Gasteiger partial charge in [0.1, 0.15) is 0 Å². The molecule has 4 nitrogen and oxygen atoms in total. The van der Waals surface area contributed by atoms with Gasteiger partial charge in [-0.3, -0.25) is 9.78 Å². The second-order valence-corrected chi connectivity index (χ2v) is 5.43. The highest BCUT2D eigenvalue weighted by Gasteiger charge is 2.11. The molecule has 4 heteroatoms. The van der Waals surface area contributed by atoms with Crippen LogP contribution in [0.15, 0.2) is 36.5 Å². The summed E-state index contributed by atoms with van der Waals surface area (Å²) in [7, 11) is 0. The predicted octanol–water partition coefficient (Wildman–Crippen LogP) is 1.85. The Morgan fingerprint density at radius 1 is 1.29 bits per heavy atom. The zero-order valence-corrected chi connectivity index (χ0v) is 12.1. The fourth-order valence-electron chi connectivity index (χ4n) is 2.58. The summed E-state index contributed by atoms with van der Waals surface area (Å²) in [5.74, 6) is 0.00965. The number of benzene rings is 1. The summed E-state index contributed by atoms with van der Waals surface area (Å²) in [6.07, 6.45) is 2.06. The van der Waals surface area contributed by atoms with Crippen LogP contribution in [-0.4, -0.2) is 10.9 Å². The van der Waals surface area contributed by atoms with Crippen molar-refractivity contribution in [1.82, 2.24) is 15.6 Å². The first kappa shape index (κ1) is 13.8. The van der Waals surface area contributed by atoms with Crippen molar-refractivity contribution in [3.8, 4) is 0 Å². The fraction of sp³-hybridized carbons (Fsp3) is 0.294. The molecule has 1 aromatic carbocycles. The average molecular weight is 281 g/mol. The summed E-state index contributed by atoms with van der Waals surface area (Å²) < 4.78 is 0. The molecule has 1 aromatic heterocycles. The van der Waals surface area contributed by atoms with Crippen molar-refractivity contribution in [2.75, 3.05) is 0 Å². The van der Waals surface area contributed by atoms with Gasteiger partial charge in [-0.05, 0) is 35.2 Å². The fourth-order valence-corrected chi connectivity index (χ4v) is 2.58. The molecule has 2 aromatic rings. The van der Waals surface area contributed by atoms with E-state index in [4.69, 9.17) is 0 Å². The van der Waals surface area contributed by atoms with Crippen LogP contribution in [0.2, 0.25) is 0 Å². The van der Waals surface area contributed by atoms with Crippen molar-refractivity contribution in [3.05, 3.63) is 64.5 Å². The van der Waals surface area contributed by atoms with E-state index < -0.39 is 0 Å². The number of pyridine rings is 1. The van der Waals surface area contributed by atoms with Crippen LogP contribution in [0.4, 0.5) is 0 Å². The van der Waals surface area contributed by atoms with Crippen LogP contribution in [-0.2, 0) is 30.8 Å². The van der Waals surface area contributed by atoms with E-state index in [9.17, 15) is 4.79 Å². The van der Waals surface area contributed by atoms with E-state index in [1.807, 2.05) is 19.1 Å². The number of hydrogen-bond donors (Lipinski definition) is 2. The molecule has 1 amide bonds. The average Bonchev–Trinajstić information content (AvgIpc) is 2.95. The molecular weight excluding hydrogens is 262 g/mol. The van der Waals surface area contributed by atoms with Crippen LogP contribution in [0.25, 0.3) is 0 Å². The zero-order valence-electron chi connectivity index (χ0n) is 12.1. The Balaban J connectivity index is 1.58. The van der Waals surface area contributed by atoms with Gasteiger partial charge in [0.05, 0.1) is 12.1 Å². The van der Waals surface area contributed by atoms with Gasteiger partial charge in [0.25, 0.3) is 0 Å². The van der Waals surface area contributed by atoms with E-state index in [0.717, 1.165) is 29.9 Å². The van der Waals surface area contributed by atoms with Crippen LogP contribution in [0.1, 0.15) is 27.9 Å². The van der Waals surface area contributed by atoms with Crippen LogP contribution >= 0.6 is 0 Å². The van der Waals surface area contributed by atoms with Gasteiger partial charge in [-0.2, -0.15) is 0 Å². The van der Waals surface area contributed by atoms with Gasteiger partial charge in [0, 0.05) is 25.8 Å². The second kappa shape index (κ2) is 6.06. The number of aryl methyl sites for hydroxylation is 1. The van der Waals surface area contributed by atoms with E-state index in [2.05, 4.69) is 33.8 Å². The Morgan fingerprint density at radius 2 is 2.14 bits per heavy atom. The van der Waals surface area contributed by atoms with E-state index in [1.165, 1.54) is 11.1 Å². The molecule has 2 heterocycles. The van der Waals surface area contributed by atoms with Crippen LogP contribution in [0.5, 0.6) is 0 Å². The summed E-state index contributed by atoms with van der Waals surface area (Å²) in [5, 5.41) is 6.29. The molecule has 0 unspecified atom stereocenters. The van der Waals surface area contributed by atoms with Crippen molar-refractivity contribution in [1.29, 1.82) is 0 Å². The first-order chi connectivity index (χ1) is 10.2. The molecule has 0 aliphatic carbocycles. The van der Waals surface area contributed by atoms with Crippen molar-refractivity contribution < 1.29 is 4.79 Å². The minimum absolute atomic E-state index is 0.00965. The summed E-state index contributed by atoms with van der Waals surface area (Å²) in [5.41, 5.74) is 5.73. The molecule has 0 bridgehead atoms. The molecular formula is C17H19N3O. The molecule has 1 aliphatic rings. The highest BCUT2D eigenvalue weighted by molar-refractivity contribution is 5.78. The number of rotatable bonds is 4. The van der Waals surface area contributed by atoms with Crippen molar-refractivity contribution >= 4 is 5.91 Å². The van der Waals surface area contributed by atoms with Gasteiger partial charge >= 0.3 is 0 Å². The third-order valence-corrected chi connectivity index (χ3v) is 3.84. The van der Waals surface area contributed by atoms with Gasteiger partial charge in [0.2, 0.25) is 5.91 Å². The van der Waals surface area contributed by atoms with E-state index in [1.54, 1.807) is 6.20 Å². The number of amides is 1. The molecule has 0 saturated heterocycles. The normalized spacial score (nSPS) is 13.0. The standard InChI is InChI=1S/C17H19N3O/c1-12-3-2-6-19-16(12)8-17(21)20-9-13-4-5-14-10-18-11-15(14)7-13/h2-7,18H,8-11H2,1H3,(H,20,21). The van der Waals surface area contributed by atoms with Crippen LogP contribution < -0.4 is 10.6 Å². The number of aromatic nitrogens is 1. The lowest BCUT2D eigenvalue weighted by Crippen LogP contribution is -2.25. The van der Waals surface area contributed by atoms with Crippen LogP contribution in [0.3, 0.4) is 0 Å². The van der Waals surface area contributed by atoms with Crippen LogP contribution in [0, 0.1) is 6.92 Å². The molecule has 2 N–H and O–H groups in total. The maximum Gasteiger partial charge on any atom is 0.226 e. The lowest BCUT2D eigenvalue weighted by atomic mass is 10.1. The molecule has 0 saturated carbocycles. The minimum atomic E-state index is 0.00965. The number of nitrogens with one attached hydrogen (secondary N) is 2. The molecule has 3 rings (SSSR count).